The predicted molar refractivity (Wildman–Crippen MR) is 207 cm³/mol. The fourth-order valence-electron chi connectivity index (χ4n) is 7.54. The van der Waals surface area contributed by atoms with Gasteiger partial charge in [0.2, 0.25) is 10.0 Å². The first-order valence-electron chi connectivity index (χ1n) is 17.7. The highest BCUT2D eigenvalue weighted by atomic mass is 35.5. The smallest absolute Gasteiger partial charge is 0.267 e. The second kappa shape index (κ2) is 15.1. The highest BCUT2D eigenvalue weighted by Gasteiger charge is 2.48. The number of aryl methyl sites for hydroxylation is 1. The van der Waals surface area contributed by atoms with Gasteiger partial charge in [-0.1, -0.05) is 11.6 Å². The summed E-state index contributed by atoms with van der Waals surface area (Å²) >= 11 is 7.64. The normalized spacial score (nSPS) is 16.5. The van der Waals surface area contributed by atoms with Crippen molar-refractivity contribution >= 4 is 65.8 Å². The molecule has 5 aromatic rings. The van der Waals surface area contributed by atoms with Crippen LogP contribution in [0.2, 0.25) is 5.02 Å². The number of benzene rings is 1. The maximum atomic E-state index is 14.2. The zero-order valence-electron chi connectivity index (χ0n) is 30.2. The largest absolute Gasteiger partial charge is 0.491 e. The molecule has 2 aliphatic rings. The number of thiophene rings is 1. The van der Waals surface area contributed by atoms with Crippen molar-refractivity contribution in [3.8, 4) is 22.9 Å². The summed E-state index contributed by atoms with van der Waals surface area (Å²) in [6.45, 7) is 5.66. The van der Waals surface area contributed by atoms with Gasteiger partial charge < -0.3 is 9.64 Å². The minimum absolute atomic E-state index is 0.0218. The number of likely N-dealkylation sites (tertiary alicyclic amines) is 1. The van der Waals surface area contributed by atoms with E-state index >= 15 is 0 Å². The first kappa shape index (κ1) is 38.5. The molecule has 55 heavy (non-hydrogen) atoms. The molecule has 5 heterocycles. The zero-order valence-corrected chi connectivity index (χ0v) is 32.6. The molecule has 1 aromatic carbocycles. The molecule has 1 saturated heterocycles. The molecular weight excluding hydrogens is 774 g/mol. The van der Waals surface area contributed by atoms with Crippen molar-refractivity contribution in [3.05, 3.63) is 74.4 Å². The van der Waals surface area contributed by atoms with Crippen LogP contribution in [0.1, 0.15) is 54.4 Å². The van der Waals surface area contributed by atoms with Crippen LogP contribution >= 0.6 is 22.9 Å². The van der Waals surface area contributed by atoms with Gasteiger partial charge >= 0.3 is 0 Å². The van der Waals surface area contributed by atoms with Crippen molar-refractivity contribution in [2.24, 2.45) is 0 Å². The molecule has 2 fully saturated rings. The van der Waals surface area contributed by atoms with E-state index in [1.54, 1.807) is 31.2 Å². The molecule has 1 saturated carbocycles. The number of nitrogens with zero attached hydrogens (tertiary/aromatic N) is 7. The highest BCUT2D eigenvalue weighted by molar-refractivity contribution is 7.89. The van der Waals surface area contributed by atoms with E-state index in [2.05, 4.69) is 25.9 Å². The standard InChI is InChI=1S/C37H37ClF2N8O5S2/c1-4-47(23-8-11-46(12-9-23)24-16-37(39,40)17-24)34-27(18-41)31-29(19-43-34)44-21(2)48(36(31)50)13-14-53-30-6-5-22(38)15-26(30)25-7-10-42-32-28(20-54-33(25)32)35(49)45-55(3,51)52/h5-7,10,15,19-20,23-24H,4,8-9,11-14,16-17H2,1-3H3,(H,45,49). The van der Waals surface area contributed by atoms with E-state index in [0.717, 1.165) is 19.1 Å². The molecule has 1 aliphatic carbocycles. The van der Waals surface area contributed by atoms with E-state index in [1.165, 1.54) is 33.7 Å². The first-order valence-corrected chi connectivity index (χ1v) is 20.8. The van der Waals surface area contributed by atoms with Crippen molar-refractivity contribution in [2.45, 2.75) is 64.1 Å². The predicted octanol–water partition coefficient (Wildman–Crippen LogP) is 5.76. The maximum absolute atomic E-state index is 14.2. The van der Waals surface area contributed by atoms with E-state index in [4.69, 9.17) is 16.3 Å². The molecule has 4 aromatic heterocycles. The van der Waals surface area contributed by atoms with Crippen molar-refractivity contribution in [1.29, 1.82) is 5.26 Å². The topological polar surface area (TPSA) is 163 Å². The van der Waals surface area contributed by atoms with E-state index < -0.39 is 27.4 Å². The molecule has 0 radical (unpaired) electrons. The van der Waals surface area contributed by atoms with Gasteiger partial charge in [-0.2, -0.15) is 5.26 Å². The number of halogens is 3. The third kappa shape index (κ3) is 7.73. The molecule has 0 atom stereocenters. The summed E-state index contributed by atoms with van der Waals surface area (Å²) in [4.78, 5) is 44.6. The lowest BCUT2D eigenvalue weighted by atomic mass is 9.85. The van der Waals surface area contributed by atoms with Crippen LogP contribution in [0.15, 0.2) is 46.8 Å². The molecule has 13 nitrogen and oxygen atoms in total. The summed E-state index contributed by atoms with van der Waals surface area (Å²) in [7, 11) is -3.80. The Morgan fingerprint density at radius 3 is 2.62 bits per heavy atom. The average molecular weight is 811 g/mol. The summed E-state index contributed by atoms with van der Waals surface area (Å²) in [5.74, 6) is -2.13. The van der Waals surface area contributed by atoms with E-state index in [0.29, 0.717) is 68.9 Å². The van der Waals surface area contributed by atoms with Gasteiger partial charge in [-0.05, 0) is 51.0 Å². The maximum Gasteiger partial charge on any atom is 0.267 e. The van der Waals surface area contributed by atoms with Crippen molar-refractivity contribution in [3.63, 3.8) is 0 Å². The lowest BCUT2D eigenvalue weighted by Gasteiger charge is -2.47. The number of hydrogen-bond donors (Lipinski definition) is 1. The van der Waals surface area contributed by atoms with Gasteiger partial charge in [-0.15, -0.1) is 11.3 Å². The SMILES string of the molecule is CCN(c1ncc2nc(C)n(CCOc3ccc(Cl)cc3-c3ccnc4c(C(=O)NS(C)(=O)=O)csc34)c(=O)c2c1C#N)C1CCN(C2CC(F)(F)C2)CC1. The number of anilines is 1. The Bertz CT molecular complexity index is 2530. The molecule has 288 valence electrons. The number of piperidine rings is 1. The van der Waals surface area contributed by atoms with Gasteiger partial charge in [-0.3, -0.25) is 24.0 Å². The summed E-state index contributed by atoms with van der Waals surface area (Å²) in [5.41, 5.74) is 1.70. The number of nitrogens with one attached hydrogen (secondary N) is 1. The number of alkyl halides is 2. The quantitative estimate of drug-likeness (QED) is 0.173. The number of carbonyl (C=O) groups is 1. The highest BCUT2D eigenvalue weighted by Crippen LogP contribution is 2.42. The number of carbonyl (C=O) groups excluding carboxylic acids is 1. The molecule has 7 rings (SSSR count). The Hall–Kier alpha value is -4.76. The Kier molecular flexibility index (Phi) is 10.5. The van der Waals surface area contributed by atoms with E-state index in [1.807, 2.05) is 16.5 Å². The van der Waals surface area contributed by atoms with Gasteiger partial charge in [0.25, 0.3) is 17.4 Å². The number of hydrogen-bond acceptors (Lipinski definition) is 12. The van der Waals surface area contributed by atoms with Gasteiger partial charge in [-0.25, -0.2) is 31.9 Å². The number of aromatic nitrogens is 4. The Labute approximate surface area is 324 Å². The van der Waals surface area contributed by atoms with Gasteiger partial charge in [0.05, 0.1) is 45.7 Å². The van der Waals surface area contributed by atoms with E-state index in [9.17, 15) is 32.0 Å². The minimum atomic E-state index is -3.80. The van der Waals surface area contributed by atoms with Crippen LogP contribution in [0.25, 0.3) is 32.2 Å². The van der Waals surface area contributed by atoms with Crippen molar-refractivity contribution < 1.29 is 26.7 Å². The monoisotopic (exact) mass is 810 g/mol. The van der Waals surface area contributed by atoms with Crippen LogP contribution in [-0.4, -0.2) is 89.2 Å². The number of ether oxygens (including phenoxy) is 1. The molecule has 1 N–H and O–H groups in total. The molecule has 0 spiro atoms. The van der Waals surface area contributed by atoms with Crippen molar-refractivity contribution in [1.82, 2.24) is 29.1 Å². The number of pyridine rings is 2. The molecule has 1 amide bonds. The molecule has 0 bridgehead atoms. The number of fused-ring (bicyclic) bond motifs is 2. The van der Waals surface area contributed by atoms with Crippen LogP contribution in [0.3, 0.4) is 0 Å². The van der Waals surface area contributed by atoms with Crippen LogP contribution in [0.5, 0.6) is 5.75 Å². The Balaban J connectivity index is 1.13. The zero-order chi connectivity index (χ0) is 39.2. The molecular formula is C37H37ClF2N8O5S2. The summed E-state index contributed by atoms with van der Waals surface area (Å²) in [5, 5.41) is 12.5. The summed E-state index contributed by atoms with van der Waals surface area (Å²) in [6, 6.07) is 8.95. The fourth-order valence-corrected chi connectivity index (χ4v) is 9.19. The lowest BCUT2D eigenvalue weighted by Crippen LogP contribution is -2.55. The van der Waals surface area contributed by atoms with Crippen molar-refractivity contribution in [2.75, 3.05) is 37.4 Å². The first-order chi connectivity index (χ1) is 26.2. The fraction of sp³-hybridized carbons (Fsp3) is 0.405. The number of rotatable bonds is 11. The minimum Gasteiger partial charge on any atom is -0.491 e. The van der Waals surface area contributed by atoms with Gasteiger partial charge in [0.15, 0.2) is 0 Å². The lowest BCUT2D eigenvalue weighted by molar-refractivity contribution is -0.127. The summed E-state index contributed by atoms with van der Waals surface area (Å²) < 4.78 is 60.8. The Morgan fingerprint density at radius 2 is 1.95 bits per heavy atom. The number of sulfonamides is 1. The number of nitriles is 1. The molecule has 0 unspecified atom stereocenters. The van der Waals surface area contributed by atoms with Crippen LogP contribution in [0.4, 0.5) is 14.6 Å². The van der Waals surface area contributed by atoms with Crippen LogP contribution < -0.4 is 19.9 Å². The number of amides is 1. The Morgan fingerprint density at radius 1 is 1.20 bits per heavy atom. The summed E-state index contributed by atoms with van der Waals surface area (Å²) in [6.07, 6.45) is 5.15. The second-order valence-electron chi connectivity index (χ2n) is 13.8. The molecule has 1 aliphatic heterocycles. The molecule has 18 heteroatoms. The average Bonchev–Trinajstić information content (AvgIpc) is 3.57. The van der Waals surface area contributed by atoms with Crippen LogP contribution in [-0.2, 0) is 16.6 Å². The van der Waals surface area contributed by atoms with Gasteiger partial charge in [0.1, 0.15) is 35.6 Å². The van der Waals surface area contributed by atoms with Gasteiger partial charge in [0, 0.05) is 72.3 Å². The van der Waals surface area contributed by atoms with E-state index in [-0.39, 0.29) is 54.6 Å². The second-order valence-corrected chi connectivity index (χ2v) is 16.9. The third-order valence-corrected chi connectivity index (χ3v) is 12.0. The van der Waals surface area contributed by atoms with Crippen LogP contribution in [0, 0.1) is 18.3 Å². The third-order valence-electron chi connectivity index (χ3n) is 10.2.